The number of aryl methyl sites for hydroxylation is 1. The van der Waals surface area contributed by atoms with Crippen LogP contribution < -0.4 is 0 Å². The second-order valence-electron chi connectivity index (χ2n) is 8.03. The van der Waals surface area contributed by atoms with Crippen molar-refractivity contribution in [2.45, 2.75) is 45.6 Å². The van der Waals surface area contributed by atoms with Crippen LogP contribution in [0.2, 0.25) is 0 Å². The minimum Gasteiger partial charge on any atom is -0.361 e. The van der Waals surface area contributed by atoms with Crippen molar-refractivity contribution in [1.82, 2.24) is 29.8 Å². The first-order chi connectivity index (χ1) is 15.1. The fraction of sp³-hybridized carbons (Fsp3) is 0.478. The van der Waals surface area contributed by atoms with Crippen LogP contribution in [0.1, 0.15) is 55.2 Å². The number of nitrogens with one attached hydrogen (secondary N) is 1. The highest BCUT2D eigenvalue weighted by Gasteiger charge is 2.26. The van der Waals surface area contributed by atoms with Gasteiger partial charge in [0.25, 0.3) is 5.91 Å². The van der Waals surface area contributed by atoms with Crippen LogP contribution in [-0.2, 0) is 11.2 Å². The van der Waals surface area contributed by atoms with Gasteiger partial charge in [0.05, 0.1) is 12.2 Å². The summed E-state index contributed by atoms with van der Waals surface area (Å²) in [6.07, 6.45) is 6.65. The summed E-state index contributed by atoms with van der Waals surface area (Å²) < 4.78 is 1.80. The topological polar surface area (TPSA) is 87.1 Å². The highest BCUT2D eigenvalue weighted by atomic mass is 16.2. The molecule has 1 fully saturated rings. The Labute approximate surface area is 182 Å². The van der Waals surface area contributed by atoms with Crippen LogP contribution >= 0.6 is 0 Å². The molecule has 31 heavy (non-hydrogen) atoms. The Hall–Kier alpha value is -3.16. The van der Waals surface area contributed by atoms with E-state index in [-0.39, 0.29) is 17.9 Å². The van der Waals surface area contributed by atoms with E-state index in [4.69, 9.17) is 0 Å². The summed E-state index contributed by atoms with van der Waals surface area (Å²) >= 11 is 0. The molecule has 4 rings (SSSR count). The maximum atomic E-state index is 12.7. The van der Waals surface area contributed by atoms with E-state index in [0.717, 1.165) is 24.8 Å². The van der Waals surface area contributed by atoms with E-state index in [1.165, 1.54) is 10.9 Å². The van der Waals surface area contributed by atoms with Gasteiger partial charge in [0.2, 0.25) is 5.91 Å². The van der Waals surface area contributed by atoms with Crippen molar-refractivity contribution >= 4 is 22.7 Å². The molecule has 2 amide bonds. The molecular formula is C23H30N6O2. The fourth-order valence-electron chi connectivity index (χ4n) is 4.34. The summed E-state index contributed by atoms with van der Waals surface area (Å²) in [5.74, 6) is 0.112. The first kappa shape index (κ1) is 21.1. The molecule has 0 saturated carbocycles. The van der Waals surface area contributed by atoms with Crippen LogP contribution in [0.4, 0.5) is 0 Å². The van der Waals surface area contributed by atoms with Crippen molar-refractivity contribution in [2.24, 2.45) is 0 Å². The number of piperidine rings is 1. The van der Waals surface area contributed by atoms with Crippen molar-refractivity contribution in [3.63, 3.8) is 0 Å². The molecule has 3 aromatic rings. The average Bonchev–Trinajstić information content (AvgIpc) is 3.46. The number of carbonyl (C=O) groups is 2. The van der Waals surface area contributed by atoms with Gasteiger partial charge in [-0.05, 0) is 44.7 Å². The number of carbonyl (C=O) groups excluding carboxylic acids is 2. The Bertz CT molecular complexity index is 1040. The van der Waals surface area contributed by atoms with E-state index >= 15 is 0 Å². The molecule has 164 valence electrons. The van der Waals surface area contributed by atoms with Crippen molar-refractivity contribution in [3.8, 4) is 0 Å². The van der Waals surface area contributed by atoms with Crippen molar-refractivity contribution in [2.75, 3.05) is 26.2 Å². The van der Waals surface area contributed by atoms with Crippen molar-refractivity contribution in [1.29, 1.82) is 0 Å². The van der Waals surface area contributed by atoms with Crippen molar-refractivity contribution < 1.29 is 9.59 Å². The summed E-state index contributed by atoms with van der Waals surface area (Å²) in [5.41, 5.74) is 2.69. The Morgan fingerprint density at radius 3 is 2.65 bits per heavy atom. The zero-order chi connectivity index (χ0) is 21.8. The number of aromatic nitrogens is 4. The predicted molar refractivity (Wildman–Crippen MR) is 119 cm³/mol. The molecule has 0 radical (unpaired) electrons. The van der Waals surface area contributed by atoms with E-state index in [1.54, 1.807) is 15.8 Å². The second-order valence-corrected chi connectivity index (χ2v) is 8.03. The number of amides is 2. The molecule has 3 heterocycles. The lowest BCUT2D eigenvalue weighted by atomic mass is 10.0. The summed E-state index contributed by atoms with van der Waals surface area (Å²) in [6, 6.07) is 8.35. The largest absolute Gasteiger partial charge is 0.361 e. The molecule has 1 aliphatic heterocycles. The van der Waals surface area contributed by atoms with E-state index in [9.17, 15) is 9.59 Å². The molecule has 1 aromatic carbocycles. The first-order valence-electron chi connectivity index (χ1n) is 11.1. The van der Waals surface area contributed by atoms with Gasteiger partial charge < -0.3 is 14.8 Å². The average molecular weight is 423 g/mol. The third-order valence-electron chi connectivity index (χ3n) is 6.25. The highest BCUT2D eigenvalue weighted by Crippen LogP contribution is 2.24. The summed E-state index contributed by atoms with van der Waals surface area (Å²) in [6.45, 7) is 6.63. The normalized spacial score (nSPS) is 14.8. The summed E-state index contributed by atoms with van der Waals surface area (Å²) in [5, 5.41) is 9.47. The molecule has 2 aromatic heterocycles. The monoisotopic (exact) mass is 422 g/mol. The molecule has 0 atom stereocenters. The summed E-state index contributed by atoms with van der Waals surface area (Å²) in [7, 11) is 0. The third kappa shape index (κ3) is 4.47. The molecule has 8 nitrogen and oxygen atoms in total. The van der Waals surface area contributed by atoms with Gasteiger partial charge in [-0.15, -0.1) is 5.10 Å². The van der Waals surface area contributed by atoms with E-state index < -0.39 is 0 Å². The Kier molecular flexibility index (Phi) is 6.34. The van der Waals surface area contributed by atoms with Gasteiger partial charge >= 0.3 is 0 Å². The number of likely N-dealkylation sites (tertiary alicyclic amines) is 1. The van der Waals surface area contributed by atoms with Gasteiger partial charge in [0, 0.05) is 49.7 Å². The molecule has 8 heteroatoms. The van der Waals surface area contributed by atoms with Crippen LogP contribution in [0.25, 0.3) is 10.9 Å². The van der Waals surface area contributed by atoms with Crippen LogP contribution in [0, 0.1) is 0 Å². The molecule has 0 unspecified atom stereocenters. The number of H-pyrrole nitrogens is 1. The number of rotatable bonds is 7. The van der Waals surface area contributed by atoms with E-state index in [1.807, 2.05) is 37.1 Å². The molecule has 0 bridgehead atoms. The maximum absolute atomic E-state index is 12.7. The quantitative estimate of drug-likeness (QED) is 0.634. The lowest BCUT2D eigenvalue weighted by Gasteiger charge is -2.32. The van der Waals surface area contributed by atoms with Gasteiger partial charge in [-0.3, -0.25) is 9.59 Å². The Morgan fingerprint density at radius 1 is 1.16 bits per heavy atom. The number of nitrogens with zero attached hydrogens (tertiary/aromatic N) is 5. The van der Waals surface area contributed by atoms with Crippen LogP contribution in [0.3, 0.4) is 0 Å². The zero-order valence-electron chi connectivity index (χ0n) is 18.3. The number of hydrogen-bond acceptors (Lipinski definition) is 4. The smallest absolute Gasteiger partial charge is 0.276 e. The highest BCUT2D eigenvalue weighted by molar-refractivity contribution is 5.91. The molecular weight excluding hydrogens is 392 g/mol. The Morgan fingerprint density at radius 2 is 1.90 bits per heavy atom. The van der Waals surface area contributed by atoms with Gasteiger partial charge in [-0.25, -0.2) is 4.68 Å². The lowest BCUT2D eigenvalue weighted by Crippen LogP contribution is -2.39. The van der Waals surface area contributed by atoms with Crippen LogP contribution in [0.5, 0.6) is 0 Å². The molecule has 0 aliphatic carbocycles. The minimum atomic E-state index is -0.0823. The molecule has 1 N–H and O–H groups in total. The molecule has 1 aliphatic rings. The van der Waals surface area contributed by atoms with Crippen LogP contribution in [-0.4, -0.2) is 67.8 Å². The van der Waals surface area contributed by atoms with E-state index in [2.05, 4.69) is 27.4 Å². The van der Waals surface area contributed by atoms with Gasteiger partial charge in [-0.1, -0.05) is 23.4 Å². The van der Waals surface area contributed by atoms with Gasteiger partial charge in [0.15, 0.2) is 5.69 Å². The van der Waals surface area contributed by atoms with Crippen molar-refractivity contribution in [3.05, 3.63) is 47.9 Å². The first-order valence-corrected chi connectivity index (χ1v) is 11.1. The number of benzene rings is 1. The SMILES string of the molecule is CCN(CC)C(=O)c1cn(C2CCN(C(=O)CCc3c[nH]c4ccccc34)CC2)nn1. The second kappa shape index (κ2) is 9.32. The maximum Gasteiger partial charge on any atom is 0.276 e. The van der Waals surface area contributed by atoms with Crippen LogP contribution in [0.15, 0.2) is 36.7 Å². The number of aromatic amines is 1. The zero-order valence-corrected chi connectivity index (χ0v) is 18.3. The summed E-state index contributed by atoms with van der Waals surface area (Å²) in [4.78, 5) is 32.1. The van der Waals surface area contributed by atoms with Gasteiger partial charge in [0.1, 0.15) is 0 Å². The Balaban J connectivity index is 1.29. The number of hydrogen-bond donors (Lipinski definition) is 1. The van der Waals surface area contributed by atoms with Gasteiger partial charge in [-0.2, -0.15) is 0 Å². The number of fused-ring (bicyclic) bond motifs is 1. The molecule has 0 spiro atoms. The molecule has 1 saturated heterocycles. The fourth-order valence-corrected chi connectivity index (χ4v) is 4.34. The minimum absolute atomic E-state index is 0.0823. The number of para-hydroxylation sites is 1. The van der Waals surface area contributed by atoms with E-state index in [0.29, 0.717) is 38.3 Å². The third-order valence-corrected chi connectivity index (χ3v) is 6.25. The predicted octanol–water partition coefficient (Wildman–Crippen LogP) is 3.04. The lowest BCUT2D eigenvalue weighted by molar-refractivity contribution is -0.132. The standard InChI is InChI=1S/C23H30N6O2/c1-3-27(4-2)23(31)21-16-29(26-25-21)18-11-13-28(14-12-18)22(30)10-9-17-15-24-20-8-6-5-7-19(17)20/h5-8,15-16,18,24H,3-4,9-14H2,1-2H3.